The van der Waals surface area contributed by atoms with Crippen molar-refractivity contribution in [2.75, 3.05) is 11.9 Å². The van der Waals surface area contributed by atoms with E-state index in [1.807, 2.05) is 33.0 Å². The molecule has 0 saturated heterocycles. The molecule has 3 heterocycles. The highest BCUT2D eigenvalue weighted by atomic mass is 79.9. The number of fused-ring (bicyclic) bond motifs is 1. The summed E-state index contributed by atoms with van der Waals surface area (Å²) in [5, 5.41) is 3.38. The molecule has 27 heavy (non-hydrogen) atoms. The van der Waals surface area contributed by atoms with Gasteiger partial charge in [0, 0.05) is 11.1 Å². The molecule has 3 aromatic rings. The molecule has 0 radical (unpaired) electrons. The van der Waals surface area contributed by atoms with Crippen molar-refractivity contribution in [3.63, 3.8) is 0 Å². The lowest BCUT2D eigenvalue weighted by Crippen LogP contribution is -2.17. The fourth-order valence-corrected chi connectivity index (χ4v) is 4.63. The zero-order chi connectivity index (χ0) is 19.9. The molecule has 1 amide bonds. The van der Waals surface area contributed by atoms with Gasteiger partial charge < -0.3 is 10.1 Å². The summed E-state index contributed by atoms with van der Waals surface area (Å²) in [6.07, 6.45) is 1.87. The molecule has 0 atom stereocenters. The number of nitrogens with one attached hydrogen (secondary N) is 1. The quantitative estimate of drug-likeness (QED) is 0.579. The molecule has 8 heteroatoms. The molecule has 0 aliphatic carbocycles. The number of aryl methyl sites for hydroxylation is 3. The highest BCUT2D eigenvalue weighted by molar-refractivity contribution is 9.10. The molecule has 0 bridgehead atoms. The number of rotatable bonds is 4. The number of hydrogen-bond acceptors (Lipinski definition) is 5. The Labute approximate surface area is 169 Å². The van der Waals surface area contributed by atoms with Crippen LogP contribution < -0.4 is 5.32 Å². The van der Waals surface area contributed by atoms with Crippen molar-refractivity contribution in [1.82, 2.24) is 9.38 Å². The number of carbonyl (C=O) groups excluding carboxylic acids is 2. The molecule has 3 aromatic heterocycles. The predicted molar refractivity (Wildman–Crippen MR) is 110 cm³/mol. The minimum absolute atomic E-state index is 0.278. The normalized spacial score (nSPS) is 11.0. The molecule has 142 valence electrons. The number of aromatic nitrogens is 2. The smallest absolute Gasteiger partial charge is 0.341 e. The molecule has 0 spiro atoms. The van der Waals surface area contributed by atoms with E-state index in [4.69, 9.17) is 4.74 Å². The van der Waals surface area contributed by atoms with Crippen molar-refractivity contribution < 1.29 is 14.3 Å². The Kier molecular flexibility index (Phi) is 5.39. The third-order valence-electron chi connectivity index (χ3n) is 4.29. The fourth-order valence-electron chi connectivity index (χ4n) is 2.95. The summed E-state index contributed by atoms with van der Waals surface area (Å²) in [6, 6.07) is 1.95. The van der Waals surface area contributed by atoms with Gasteiger partial charge in [0.15, 0.2) is 5.65 Å². The molecule has 0 aliphatic heterocycles. The van der Waals surface area contributed by atoms with E-state index < -0.39 is 5.97 Å². The maximum Gasteiger partial charge on any atom is 0.341 e. The van der Waals surface area contributed by atoms with Crippen LogP contribution in [0.4, 0.5) is 5.00 Å². The number of esters is 1. The van der Waals surface area contributed by atoms with Crippen molar-refractivity contribution in [2.24, 2.45) is 0 Å². The Balaban J connectivity index is 2.05. The number of pyridine rings is 1. The number of nitrogens with zero attached hydrogens (tertiary/aromatic N) is 2. The molecule has 0 fully saturated rings. The van der Waals surface area contributed by atoms with Gasteiger partial charge in [0.25, 0.3) is 5.91 Å². The minimum atomic E-state index is -0.428. The predicted octanol–water partition coefficient (Wildman–Crippen LogP) is 4.82. The summed E-state index contributed by atoms with van der Waals surface area (Å²) in [5.41, 5.74) is 3.95. The van der Waals surface area contributed by atoms with Crippen LogP contribution in [0.2, 0.25) is 0 Å². The second kappa shape index (κ2) is 7.44. The van der Waals surface area contributed by atoms with Gasteiger partial charge in [-0.2, -0.15) is 0 Å². The molecule has 0 saturated carbocycles. The van der Waals surface area contributed by atoms with Crippen LogP contribution in [0.15, 0.2) is 16.7 Å². The molecule has 0 unspecified atom stereocenters. The molecular formula is C19H20BrN3O3S. The van der Waals surface area contributed by atoms with Crippen LogP contribution in [0.3, 0.4) is 0 Å². The van der Waals surface area contributed by atoms with E-state index in [0.29, 0.717) is 27.6 Å². The number of amides is 1. The summed E-state index contributed by atoms with van der Waals surface area (Å²) in [5.74, 6) is -0.743. The monoisotopic (exact) mass is 449 g/mol. The van der Waals surface area contributed by atoms with Crippen LogP contribution in [0.1, 0.15) is 49.5 Å². The number of anilines is 1. The Bertz CT molecular complexity index is 1070. The highest BCUT2D eigenvalue weighted by Gasteiger charge is 2.25. The number of ether oxygens (including phenoxy) is 1. The van der Waals surface area contributed by atoms with Crippen LogP contribution >= 0.6 is 27.3 Å². The maximum absolute atomic E-state index is 13.1. The Morgan fingerprint density at radius 3 is 2.67 bits per heavy atom. The number of halogens is 1. The zero-order valence-electron chi connectivity index (χ0n) is 15.8. The van der Waals surface area contributed by atoms with Crippen LogP contribution in [0.25, 0.3) is 5.65 Å². The molecule has 1 N–H and O–H groups in total. The van der Waals surface area contributed by atoms with Gasteiger partial charge >= 0.3 is 5.97 Å². The summed E-state index contributed by atoms with van der Waals surface area (Å²) >= 11 is 4.86. The third-order valence-corrected chi connectivity index (χ3v) is 6.00. The van der Waals surface area contributed by atoms with E-state index in [2.05, 4.69) is 26.2 Å². The molecule has 6 nitrogen and oxygen atoms in total. The SMILES string of the molecule is CCOC(=O)c1c(NC(=O)c2c(C)nc3c(Br)cc(C)cn23)sc(C)c1C. The first-order valence-corrected chi connectivity index (χ1v) is 10.1. The second-order valence-corrected chi connectivity index (χ2v) is 8.35. The van der Waals surface area contributed by atoms with Crippen LogP contribution in [-0.2, 0) is 4.74 Å². The van der Waals surface area contributed by atoms with Gasteiger partial charge in [-0.1, -0.05) is 0 Å². The zero-order valence-corrected chi connectivity index (χ0v) is 18.2. The van der Waals surface area contributed by atoms with E-state index in [-0.39, 0.29) is 12.5 Å². The number of hydrogen-bond donors (Lipinski definition) is 1. The van der Waals surface area contributed by atoms with Crippen molar-refractivity contribution in [2.45, 2.75) is 34.6 Å². The second-order valence-electron chi connectivity index (χ2n) is 6.27. The number of imidazole rings is 1. The van der Waals surface area contributed by atoms with Crippen LogP contribution in [0.5, 0.6) is 0 Å². The summed E-state index contributed by atoms with van der Waals surface area (Å²) in [7, 11) is 0. The van der Waals surface area contributed by atoms with Gasteiger partial charge in [-0.25, -0.2) is 9.78 Å². The molecule has 3 rings (SSSR count). The molecule has 0 aromatic carbocycles. The van der Waals surface area contributed by atoms with Crippen LogP contribution in [0, 0.1) is 27.7 Å². The molecule has 0 aliphatic rings. The first-order chi connectivity index (χ1) is 12.7. The van der Waals surface area contributed by atoms with Gasteiger partial charge in [-0.15, -0.1) is 11.3 Å². The lowest BCUT2D eigenvalue weighted by Gasteiger charge is -2.08. The van der Waals surface area contributed by atoms with Crippen molar-refractivity contribution in [1.29, 1.82) is 0 Å². The molecular weight excluding hydrogens is 430 g/mol. The Morgan fingerprint density at radius 2 is 2.00 bits per heavy atom. The Hall–Kier alpha value is -2.19. The van der Waals surface area contributed by atoms with E-state index >= 15 is 0 Å². The fraction of sp³-hybridized carbons (Fsp3) is 0.316. The van der Waals surface area contributed by atoms with E-state index in [1.165, 1.54) is 11.3 Å². The number of carbonyl (C=O) groups is 2. The standard InChI is InChI=1S/C19H20BrN3O3S/c1-6-26-19(25)14-10(3)12(5)27-18(14)22-17(24)15-11(4)21-16-13(20)7-9(2)8-23(15)16/h7-8H,6H2,1-5H3,(H,22,24). The average Bonchev–Trinajstić information content (AvgIpc) is 3.04. The summed E-state index contributed by atoms with van der Waals surface area (Å²) < 4.78 is 7.74. The highest BCUT2D eigenvalue weighted by Crippen LogP contribution is 2.33. The lowest BCUT2D eigenvalue weighted by atomic mass is 10.1. The first-order valence-electron chi connectivity index (χ1n) is 8.47. The topological polar surface area (TPSA) is 72.7 Å². The third kappa shape index (κ3) is 3.51. The summed E-state index contributed by atoms with van der Waals surface area (Å²) in [4.78, 5) is 30.9. The average molecular weight is 450 g/mol. The van der Waals surface area contributed by atoms with E-state index in [1.54, 1.807) is 18.2 Å². The van der Waals surface area contributed by atoms with Gasteiger partial charge in [0.05, 0.1) is 22.3 Å². The van der Waals surface area contributed by atoms with E-state index in [9.17, 15) is 9.59 Å². The lowest BCUT2D eigenvalue weighted by molar-refractivity contribution is 0.0527. The number of thiophene rings is 1. The van der Waals surface area contributed by atoms with Gasteiger partial charge in [-0.3, -0.25) is 9.20 Å². The Morgan fingerprint density at radius 1 is 1.30 bits per heavy atom. The van der Waals surface area contributed by atoms with Gasteiger partial charge in [0.1, 0.15) is 10.7 Å². The largest absolute Gasteiger partial charge is 0.462 e. The summed E-state index contributed by atoms with van der Waals surface area (Å²) in [6.45, 7) is 9.55. The first kappa shape index (κ1) is 19.6. The van der Waals surface area contributed by atoms with Gasteiger partial charge in [-0.05, 0) is 67.7 Å². The van der Waals surface area contributed by atoms with Crippen molar-refractivity contribution >= 4 is 49.8 Å². The van der Waals surface area contributed by atoms with Gasteiger partial charge in [0.2, 0.25) is 0 Å². The maximum atomic E-state index is 13.1. The van der Waals surface area contributed by atoms with Crippen molar-refractivity contribution in [3.8, 4) is 0 Å². The minimum Gasteiger partial charge on any atom is -0.462 e. The van der Waals surface area contributed by atoms with E-state index in [0.717, 1.165) is 20.5 Å². The van der Waals surface area contributed by atoms with Crippen molar-refractivity contribution in [3.05, 3.63) is 49.7 Å². The van der Waals surface area contributed by atoms with Crippen LogP contribution in [-0.4, -0.2) is 27.9 Å².